The minimum absolute atomic E-state index is 0.103. The van der Waals surface area contributed by atoms with E-state index >= 15 is 0 Å². The van der Waals surface area contributed by atoms with Crippen LogP contribution in [-0.2, 0) is 29.1 Å². The van der Waals surface area contributed by atoms with E-state index in [4.69, 9.17) is 37.7 Å². The van der Waals surface area contributed by atoms with Gasteiger partial charge >= 0.3 is 0 Å². The number of hydrogen-bond donors (Lipinski definition) is 3. The molecular weight excluding hydrogens is 673 g/mol. The summed E-state index contributed by atoms with van der Waals surface area (Å²) in [5, 5.41) is 10.6. The van der Waals surface area contributed by atoms with E-state index < -0.39 is 0 Å². The summed E-state index contributed by atoms with van der Waals surface area (Å²) in [5.74, 6) is 1.62. The van der Waals surface area contributed by atoms with Gasteiger partial charge in [0.15, 0.2) is 0 Å². The maximum absolute atomic E-state index is 11.8. The van der Waals surface area contributed by atoms with Gasteiger partial charge in [0.05, 0.1) is 30.0 Å². The Morgan fingerprint density at radius 2 is 1.52 bits per heavy atom. The molecule has 4 heterocycles. The molecule has 3 N–H and O–H groups in total. The minimum Gasteiger partial charge on any atom is -0.496 e. The third-order valence-electron chi connectivity index (χ3n) is 9.95. The van der Waals surface area contributed by atoms with Gasteiger partial charge in [0.25, 0.3) is 0 Å². The van der Waals surface area contributed by atoms with Crippen molar-refractivity contribution in [2.45, 2.75) is 57.3 Å². The molecule has 1 aromatic heterocycles. The highest BCUT2D eigenvalue weighted by atomic mass is 35.5. The van der Waals surface area contributed by atoms with E-state index in [0.29, 0.717) is 47.6 Å². The summed E-state index contributed by atoms with van der Waals surface area (Å²) < 4.78 is 11.6. The molecule has 2 atom stereocenters. The van der Waals surface area contributed by atoms with E-state index in [1.54, 1.807) is 14.2 Å². The molecule has 3 aromatic carbocycles. The lowest BCUT2D eigenvalue weighted by Gasteiger charge is -2.32. The van der Waals surface area contributed by atoms with Crippen molar-refractivity contribution < 1.29 is 19.1 Å². The molecule has 9 nitrogen and oxygen atoms in total. The number of amides is 2. The topological polar surface area (TPSA) is 105 Å². The smallest absolute Gasteiger partial charge is 0.220 e. The Morgan fingerprint density at radius 1 is 0.840 bits per heavy atom. The van der Waals surface area contributed by atoms with Crippen LogP contribution in [0, 0.1) is 0 Å². The third-order valence-corrected chi connectivity index (χ3v) is 10.8. The average molecular weight is 715 g/mol. The van der Waals surface area contributed by atoms with Crippen LogP contribution in [0.4, 0.5) is 0 Å². The zero-order valence-electron chi connectivity index (χ0n) is 28.3. The number of carbonyl (C=O) groups excluding carboxylic acids is 2. The van der Waals surface area contributed by atoms with Gasteiger partial charge in [0.2, 0.25) is 17.7 Å². The molecule has 3 aliphatic rings. The van der Waals surface area contributed by atoms with Crippen LogP contribution in [0.1, 0.15) is 42.4 Å². The number of nitrogens with zero attached hydrogens (tertiary/aromatic N) is 2. The van der Waals surface area contributed by atoms with E-state index in [0.717, 1.165) is 78.0 Å². The van der Waals surface area contributed by atoms with Gasteiger partial charge in [-0.15, -0.1) is 0 Å². The second-order valence-electron chi connectivity index (χ2n) is 13.2. The first-order valence-electron chi connectivity index (χ1n) is 17.1. The zero-order valence-corrected chi connectivity index (χ0v) is 29.8. The molecule has 4 aromatic rings. The Bertz CT molecular complexity index is 1940. The largest absolute Gasteiger partial charge is 0.496 e. The predicted molar refractivity (Wildman–Crippen MR) is 197 cm³/mol. The summed E-state index contributed by atoms with van der Waals surface area (Å²) in [7, 11) is 3.32. The summed E-state index contributed by atoms with van der Waals surface area (Å²) in [6.07, 6.45) is 3.78. The third kappa shape index (κ3) is 7.19. The van der Waals surface area contributed by atoms with Gasteiger partial charge in [-0.1, -0.05) is 65.7 Å². The van der Waals surface area contributed by atoms with Crippen molar-refractivity contribution in [3.05, 3.63) is 87.4 Å². The van der Waals surface area contributed by atoms with Crippen molar-refractivity contribution >= 4 is 35.0 Å². The number of rotatable bonds is 11. The quantitative estimate of drug-likeness (QED) is 0.165. The molecule has 50 heavy (non-hydrogen) atoms. The number of carbonyl (C=O) groups is 2. The molecule has 0 bridgehead atoms. The maximum atomic E-state index is 11.8. The van der Waals surface area contributed by atoms with Crippen molar-refractivity contribution in [2.75, 3.05) is 33.9 Å². The lowest BCUT2D eigenvalue weighted by atomic mass is 9.91. The summed E-state index contributed by atoms with van der Waals surface area (Å²) in [4.78, 5) is 30.5. The Labute approximate surface area is 302 Å². The van der Waals surface area contributed by atoms with Crippen LogP contribution in [0.2, 0.25) is 10.0 Å². The monoisotopic (exact) mass is 713 g/mol. The van der Waals surface area contributed by atoms with Crippen molar-refractivity contribution in [1.82, 2.24) is 25.8 Å². The Kier molecular flexibility index (Phi) is 10.3. The van der Waals surface area contributed by atoms with Crippen molar-refractivity contribution in [1.29, 1.82) is 0 Å². The van der Waals surface area contributed by atoms with Gasteiger partial charge in [-0.25, -0.2) is 4.98 Å². The normalized spacial score (nSPS) is 18.9. The Balaban J connectivity index is 1.14. The maximum Gasteiger partial charge on any atom is 0.220 e. The van der Waals surface area contributed by atoms with E-state index in [9.17, 15) is 9.59 Å². The first kappa shape index (κ1) is 34.3. The summed E-state index contributed by atoms with van der Waals surface area (Å²) in [6, 6.07) is 20.5. The molecule has 0 radical (unpaired) electrons. The number of methoxy groups -OCH3 is 2. The molecule has 0 unspecified atom stereocenters. The number of aromatic nitrogens is 1. The highest BCUT2D eigenvalue weighted by Crippen LogP contribution is 2.44. The summed E-state index contributed by atoms with van der Waals surface area (Å²) >= 11 is 14.4. The van der Waals surface area contributed by atoms with Crippen LogP contribution in [-0.4, -0.2) is 67.6 Å². The second kappa shape index (κ2) is 15.0. The van der Waals surface area contributed by atoms with Gasteiger partial charge in [0, 0.05) is 85.5 Å². The van der Waals surface area contributed by atoms with E-state index in [1.807, 2.05) is 48.5 Å². The Hall–Kier alpha value is -4.15. The number of pyridine rings is 1. The fraction of sp³-hybridized carbons (Fsp3) is 0.359. The molecule has 0 spiro atoms. The van der Waals surface area contributed by atoms with Crippen molar-refractivity contribution in [3.8, 4) is 45.1 Å². The highest BCUT2D eigenvalue weighted by molar-refractivity contribution is 6.39. The van der Waals surface area contributed by atoms with Crippen molar-refractivity contribution in [2.24, 2.45) is 0 Å². The lowest BCUT2D eigenvalue weighted by molar-refractivity contribution is -0.120. The van der Waals surface area contributed by atoms with Gasteiger partial charge in [-0.2, -0.15) is 0 Å². The number of ether oxygens (including phenoxy) is 2. The summed E-state index contributed by atoms with van der Waals surface area (Å²) in [5.41, 5.74) is 8.28. The van der Waals surface area contributed by atoms with E-state index in [-0.39, 0.29) is 23.9 Å². The van der Waals surface area contributed by atoms with Crippen LogP contribution in [0.5, 0.6) is 11.6 Å². The van der Waals surface area contributed by atoms with Crippen LogP contribution >= 0.6 is 23.2 Å². The molecule has 260 valence electrons. The molecule has 7 rings (SSSR count). The lowest BCUT2D eigenvalue weighted by Crippen LogP contribution is -2.41. The number of nitrogens with one attached hydrogen (secondary N) is 3. The number of hydrogen-bond acceptors (Lipinski definition) is 7. The van der Waals surface area contributed by atoms with E-state index in [1.165, 1.54) is 11.1 Å². The highest BCUT2D eigenvalue weighted by Gasteiger charge is 2.27. The van der Waals surface area contributed by atoms with E-state index in [2.05, 4.69) is 33.0 Å². The fourth-order valence-electron chi connectivity index (χ4n) is 7.38. The summed E-state index contributed by atoms with van der Waals surface area (Å²) in [6.45, 7) is 3.78. The van der Waals surface area contributed by atoms with Gasteiger partial charge < -0.3 is 25.4 Å². The SMILES string of the molecule is COc1cc(-c2cccc(-c3cccc(-c4ccc(CNC[C@H]5CCC(=O)N5)c(OC)n4)c3Cl)c2Cl)cc2c1CCN(C[C@H]1CCC(=O)N1)C2. The van der Waals surface area contributed by atoms with Crippen LogP contribution in [0.25, 0.3) is 33.5 Å². The van der Waals surface area contributed by atoms with Gasteiger partial charge in [-0.3, -0.25) is 14.5 Å². The molecular formula is C39H41Cl2N5O4. The first-order chi connectivity index (χ1) is 24.3. The molecule has 2 amide bonds. The molecule has 2 saturated heterocycles. The molecule has 11 heteroatoms. The number of halogens is 2. The van der Waals surface area contributed by atoms with Crippen LogP contribution < -0.4 is 25.4 Å². The molecule has 0 aliphatic carbocycles. The van der Waals surface area contributed by atoms with Gasteiger partial charge in [-0.05, 0) is 54.2 Å². The molecule has 2 fully saturated rings. The first-order valence-corrected chi connectivity index (χ1v) is 17.9. The average Bonchev–Trinajstić information content (AvgIpc) is 3.74. The van der Waals surface area contributed by atoms with Crippen LogP contribution in [0.3, 0.4) is 0 Å². The minimum atomic E-state index is 0.103. The second-order valence-corrected chi connectivity index (χ2v) is 14.0. The standard InChI is InChI=1S/C39H41Cl2N5O4/c1-49-34-18-24(17-25-21-46(16-15-28(25)34)22-27-11-14-36(48)44-27)29-5-3-6-30(37(29)40)31-7-4-8-32(38(31)41)33-12-9-23(39(45-33)50-2)19-42-20-26-10-13-35(47)43-26/h3-9,12,17-18,26-27,42H,10-11,13-16,19-22H2,1-2H3,(H,43,47)(H,44,48)/t26-,27-/m1/s1. The number of fused-ring (bicyclic) bond motifs is 1. The fourth-order valence-corrected chi connectivity index (χ4v) is 8.04. The number of benzene rings is 3. The van der Waals surface area contributed by atoms with Crippen LogP contribution in [0.15, 0.2) is 60.7 Å². The molecule has 3 aliphatic heterocycles. The zero-order chi connectivity index (χ0) is 34.8. The predicted octanol–water partition coefficient (Wildman–Crippen LogP) is 6.41. The Morgan fingerprint density at radius 3 is 2.20 bits per heavy atom. The van der Waals surface area contributed by atoms with Crippen molar-refractivity contribution in [3.63, 3.8) is 0 Å². The van der Waals surface area contributed by atoms with Gasteiger partial charge in [0.1, 0.15) is 5.75 Å². The molecule has 0 saturated carbocycles.